The van der Waals surface area contributed by atoms with Gasteiger partial charge < -0.3 is 5.73 Å². The van der Waals surface area contributed by atoms with Crippen molar-refractivity contribution in [2.75, 3.05) is 5.73 Å². The number of nitrogen functional groups attached to an aromatic ring is 1. The molecule has 0 saturated carbocycles. The zero-order chi connectivity index (χ0) is 15.1. The fraction of sp³-hybridized carbons (Fsp3) is 0.0625. The highest BCUT2D eigenvalue weighted by molar-refractivity contribution is 6.36. The van der Waals surface area contributed by atoms with Crippen LogP contribution in [0.4, 0.5) is 14.6 Å². The molecule has 0 bridgehead atoms. The van der Waals surface area contributed by atoms with Crippen molar-refractivity contribution < 1.29 is 8.78 Å². The molecular formula is C16H11ClF2N2. The number of nitrogens with zero attached hydrogens (tertiary/aromatic N) is 1. The number of halogens is 3. The maximum atomic E-state index is 14.5. The maximum absolute atomic E-state index is 14.5. The van der Waals surface area contributed by atoms with E-state index < -0.39 is 11.6 Å². The molecule has 0 saturated heterocycles. The molecule has 2 N–H and O–H groups in total. The lowest BCUT2D eigenvalue weighted by molar-refractivity contribution is 0.616. The van der Waals surface area contributed by atoms with E-state index in [4.69, 9.17) is 17.3 Å². The Labute approximate surface area is 125 Å². The Bertz CT molecular complexity index is 842. The van der Waals surface area contributed by atoms with E-state index in [0.29, 0.717) is 16.3 Å². The van der Waals surface area contributed by atoms with Crippen LogP contribution in [0.1, 0.15) is 5.56 Å². The summed E-state index contributed by atoms with van der Waals surface area (Å²) in [5.74, 6) is -0.908. The molecule has 2 nitrogen and oxygen atoms in total. The van der Waals surface area contributed by atoms with Crippen LogP contribution in [0.2, 0.25) is 5.02 Å². The molecule has 21 heavy (non-hydrogen) atoms. The molecule has 0 fully saturated rings. The van der Waals surface area contributed by atoms with Crippen LogP contribution >= 0.6 is 11.6 Å². The van der Waals surface area contributed by atoms with Gasteiger partial charge in [0.25, 0.3) is 0 Å². The van der Waals surface area contributed by atoms with E-state index >= 15 is 0 Å². The van der Waals surface area contributed by atoms with E-state index in [0.717, 1.165) is 0 Å². The summed E-state index contributed by atoms with van der Waals surface area (Å²) in [5, 5.41) is 0.979. The van der Waals surface area contributed by atoms with E-state index in [-0.39, 0.29) is 22.0 Å². The molecule has 2 aromatic carbocycles. The van der Waals surface area contributed by atoms with E-state index in [2.05, 4.69) is 4.98 Å². The summed E-state index contributed by atoms with van der Waals surface area (Å²) in [7, 11) is 0. The van der Waals surface area contributed by atoms with Crippen LogP contribution in [-0.4, -0.2) is 4.98 Å². The van der Waals surface area contributed by atoms with Crippen molar-refractivity contribution in [3.63, 3.8) is 0 Å². The molecule has 1 heterocycles. The molecule has 3 rings (SSSR count). The summed E-state index contributed by atoms with van der Waals surface area (Å²) in [6.45, 7) is 1.72. The first kappa shape index (κ1) is 13.8. The molecule has 0 spiro atoms. The van der Waals surface area contributed by atoms with Crippen molar-refractivity contribution in [1.29, 1.82) is 0 Å². The Kier molecular flexibility index (Phi) is 3.26. The summed E-state index contributed by atoms with van der Waals surface area (Å²) in [5.41, 5.74) is 6.54. The molecule has 0 aliphatic carbocycles. The van der Waals surface area contributed by atoms with Gasteiger partial charge in [-0.1, -0.05) is 23.7 Å². The lowest BCUT2D eigenvalue weighted by atomic mass is 9.97. The molecule has 0 aliphatic rings. The Morgan fingerprint density at radius 1 is 1.19 bits per heavy atom. The second-order valence-electron chi connectivity index (χ2n) is 4.81. The molecule has 0 radical (unpaired) electrons. The van der Waals surface area contributed by atoms with Crippen molar-refractivity contribution in [3.05, 3.63) is 58.7 Å². The lowest BCUT2D eigenvalue weighted by Gasteiger charge is -2.12. The van der Waals surface area contributed by atoms with Crippen molar-refractivity contribution in [2.45, 2.75) is 6.92 Å². The third kappa shape index (κ3) is 2.21. The van der Waals surface area contributed by atoms with Crippen molar-refractivity contribution in [3.8, 4) is 11.1 Å². The van der Waals surface area contributed by atoms with E-state index in [1.807, 2.05) is 0 Å². The number of fused-ring (bicyclic) bond motifs is 1. The van der Waals surface area contributed by atoms with E-state index in [1.165, 1.54) is 24.4 Å². The van der Waals surface area contributed by atoms with Gasteiger partial charge >= 0.3 is 0 Å². The van der Waals surface area contributed by atoms with Crippen LogP contribution in [-0.2, 0) is 0 Å². The van der Waals surface area contributed by atoms with Gasteiger partial charge in [0.05, 0.1) is 5.02 Å². The first-order chi connectivity index (χ1) is 9.99. The van der Waals surface area contributed by atoms with Gasteiger partial charge in [-0.25, -0.2) is 13.8 Å². The number of benzene rings is 2. The van der Waals surface area contributed by atoms with Gasteiger partial charge in [-0.2, -0.15) is 0 Å². The second kappa shape index (κ2) is 4.97. The van der Waals surface area contributed by atoms with Crippen LogP contribution < -0.4 is 5.73 Å². The minimum atomic E-state index is -0.664. The predicted octanol–water partition coefficient (Wildman–Crippen LogP) is 4.72. The number of aromatic nitrogens is 1. The van der Waals surface area contributed by atoms with Gasteiger partial charge in [0.2, 0.25) is 0 Å². The first-order valence-corrected chi connectivity index (χ1v) is 6.65. The van der Waals surface area contributed by atoms with Crippen molar-refractivity contribution in [2.24, 2.45) is 0 Å². The minimum absolute atomic E-state index is 0.0840. The Morgan fingerprint density at radius 3 is 2.67 bits per heavy atom. The standard InChI is InChI=1S/C16H11ClF2N2/c1-8-3-2-4-12(18)14(8)11-5-9-7-21-13(20)6-10(9)15(17)16(11)19/h2-7H,1H3,(H2,20,21). The molecular weight excluding hydrogens is 294 g/mol. The number of pyridine rings is 1. The highest BCUT2D eigenvalue weighted by atomic mass is 35.5. The van der Waals surface area contributed by atoms with E-state index in [9.17, 15) is 8.78 Å². The fourth-order valence-electron chi connectivity index (χ4n) is 2.40. The SMILES string of the molecule is Cc1cccc(F)c1-c1cc2cnc(N)cc2c(Cl)c1F. The average molecular weight is 305 g/mol. The minimum Gasteiger partial charge on any atom is -0.384 e. The van der Waals surface area contributed by atoms with Gasteiger partial charge in [0.1, 0.15) is 17.5 Å². The highest BCUT2D eigenvalue weighted by Gasteiger charge is 2.18. The van der Waals surface area contributed by atoms with Crippen LogP contribution in [0.5, 0.6) is 0 Å². The number of aryl methyl sites for hydroxylation is 1. The van der Waals surface area contributed by atoms with Crippen LogP contribution in [0.15, 0.2) is 36.5 Å². The average Bonchev–Trinajstić information content (AvgIpc) is 2.44. The fourth-order valence-corrected chi connectivity index (χ4v) is 2.66. The normalized spacial score (nSPS) is 11.0. The van der Waals surface area contributed by atoms with Crippen LogP contribution in [0.3, 0.4) is 0 Å². The molecule has 1 aromatic heterocycles. The number of hydrogen-bond donors (Lipinski definition) is 1. The number of hydrogen-bond acceptors (Lipinski definition) is 2. The van der Waals surface area contributed by atoms with Crippen LogP contribution in [0.25, 0.3) is 21.9 Å². The highest BCUT2D eigenvalue weighted by Crippen LogP contribution is 2.37. The monoisotopic (exact) mass is 304 g/mol. The largest absolute Gasteiger partial charge is 0.384 e. The lowest BCUT2D eigenvalue weighted by Crippen LogP contribution is -1.95. The first-order valence-electron chi connectivity index (χ1n) is 6.27. The zero-order valence-corrected chi connectivity index (χ0v) is 11.9. The summed E-state index contributed by atoms with van der Waals surface area (Å²) >= 11 is 6.08. The molecule has 106 valence electrons. The van der Waals surface area contributed by atoms with Crippen molar-refractivity contribution in [1.82, 2.24) is 4.98 Å². The molecule has 5 heteroatoms. The molecule has 3 aromatic rings. The van der Waals surface area contributed by atoms with Gasteiger partial charge in [-0.05, 0) is 30.7 Å². The molecule has 0 aliphatic heterocycles. The quantitative estimate of drug-likeness (QED) is 0.706. The van der Waals surface area contributed by atoms with Gasteiger partial charge in [-0.15, -0.1) is 0 Å². The van der Waals surface area contributed by atoms with Crippen LogP contribution in [0, 0.1) is 18.6 Å². The van der Waals surface area contributed by atoms with E-state index in [1.54, 1.807) is 19.1 Å². The van der Waals surface area contributed by atoms with Gasteiger partial charge in [-0.3, -0.25) is 0 Å². The number of anilines is 1. The maximum Gasteiger partial charge on any atom is 0.150 e. The second-order valence-corrected chi connectivity index (χ2v) is 5.19. The Balaban J connectivity index is 2.39. The number of nitrogens with two attached hydrogens (primary N) is 1. The predicted molar refractivity (Wildman–Crippen MR) is 81.3 cm³/mol. The van der Waals surface area contributed by atoms with Gasteiger partial charge in [0.15, 0.2) is 0 Å². The smallest absolute Gasteiger partial charge is 0.150 e. The molecule has 0 amide bonds. The summed E-state index contributed by atoms with van der Waals surface area (Å²) < 4.78 is 28.6. The summed E-state index contributed by atoms with van der Waals surface area (Å²) in [6.07, 6.45) is 1.50. The third-order valence-electron chi connectivity index (χ3n) is 3.41. The number of rotatable bonds is 1. The topological polar surface area (TPSA) is 38.9 Å². The Hall–Kier alpha value is -2.20. The summed E-state index contributed by atoms with van der Waals surface area (Å²) in [6, 6.07) is 7.63. The summed E-state index contributed by atoms with van der Waals surface area (Å²) in [4.78, 5) is 3.96. The Morgan fingerprint density at radius 2 is 1.95 bits per heavy atom. The van der Waals surface area contributed by atoms with Crippen molar-refractivity contribution >= 4 is 28.2 Å². The van der Waals surface area contributed by atoms with Gasteiger partial charge in [0, 0.05) is 28.1 Å². The third-order valence-corrected chi connectivity index (χ3v) is 3.78. The molecule has 0 unspecified atom stereocenters. The molecule has 0 atom stereocenters. The zero-order valence-electron chi connectivity index (χ0n) is 11.1.